The van der Waals surface area contributed by atoms with Gasteiger partial charge < -0.3 is 20.3 Å². The smallest absolute Gasteiger partial charge is 0.306 e. The predicted octanol–water partition coefficient (Wildman–Crippen LogP) is 15.1. The van der Waals surface area contributed by atoms with Gasteiger partial charge >= 0.3 is 5.97 Å². The molecule has 0 aromatic heterocycles. The molecule has 0 saturated heterocycles. The minimum Gasteiger partial charge on any atom is -0.461 e. The number of esters is 1. The third-order valence-corrected chi connectivity index (χ3v) is 10.6. The average molecular weight is 860 g/mol. The zero-order valence-corrected chi connectivity index (χ0v) is 40.0. The van der Waals surface area contributed by atoms with Crippen molar-refractivity contribution in [3.05, 3.63) is 109 Å². The number of ether oxygens (including phenoxy) is 1. The highest BCUT2D eigenvalue weighted by Gasteiger charge is 2.23. The average Bonchev–Trinajstić information content (AvgIpc) is 3.26. The van der Waals surface area contributed by atoms with Crippen LogP contribution in [-0.2, 0) is 14.3 Å². The molecule has 6 heteroatoms. The fraction of sp³-hybridized carbons (Fsp3) is 0.643. The molecule has 0 heterocycles. The Kier molecular flexibility index (Phi) is 45.8. The maximum atomic E-state index is 13.2. The number of hydrogen-bond acceptors (Lipinski definition) is 5. The number of nitrogens with one attached hydrogen (secondary N) is 1. The van der Waals surface area contributed by atoms with Gasteiger partial charge in [0.05, 0.1) is 25.2 Å². The summed E-state index contributed by atoms with van der Waals surface area (Å²) in [6.07, 6.45) is 66.0. The van der Waals surface area contributed by atoms with Crippen LogP contribution in [0.1, 0.15) is 207 Å². The molecule has 0 fully saturated rings. The lowest BCUT2D eigenvalue weighted by Crippen LogP contribution is -2.46. The Morgan fingerprint density at radius 3 is 1.37 bits per heavy atom. The maximum absolute atomic E-state index is 13.2. The van der Waals surface area contributed by atoms with E-state index in [4.69, 9.17) is 4.74 Å². The first-order valence-electron chi connectivity index (χ1n) is 25.1. The quantitative estimate of drug-likeness (QED) is 0.0322. The number of unbranched alkanes of at least 4 members (excludes halogenated alkanes) is 14. The lowest BCUT2D eigenvalue weighted by atomic mass is 10.0. The van der Waals surface area contributed by atoms with Crippen LogP contribution in [0.25, 0.3) is 0 Å². The second-order valence-corrected chi connectivity index (χ2v) is 16.5. The Morgan fingerprint density at radius 2 is 0.903 bits per heavy atom. The molecule has 0 aliphatic carbocycles. The van der Waals surface area contributed by atoms with E-state index in [2.05, 4.69) is 117 Å². The molecule has 0 radical (unpaired) electrons. The number of amides is 1. The Labute approximate surface area is 381 Å². The summed E-state index contributed by atoms with van der Waals surface area (Å²) in [4.78, 5) is 26.0. The minimum absolute atomic E-state index is 0.0345. The summed E-state index contributed by atoms with van der Waals surface area (Å²) in [7, 11) is 0. The van der Waals surface area contributed by atoms with Crippen molar-refractivity contribution in [2.75, 3.05) is 6.61 Å². The summed E-state index contributed by atoms with van der Waals surface area (Å²) in [6.45, 7) is 6.28. The van der Waals surface area contributed by atoms with Crippen molar-refractivity contribution >= 4 is 11.9 Å². The monoisotopic (exact) mass is 860 g/mol. The summed E-state index contributed by atoms with van der Waals surface area (Å²) >= 11 is 0. The highest BCUT2D eigenvalue weighted by atomic mass is 16.5. The van der Waals surface area contributed by atoms with Crippen molar-refractivity contribution in [1.82, 2.24) is 5.32 Å². The lowest BCUT2D eigenvalue weighted by molar-refractivity contribution is -0.150. The molecule has 0 aromatic rings. The van der Waals surface area contributed by atoms with E-state index < -0.39 is 18.2 Å². The van der Waals surface area contributed by atoms with Crippen LogP contribution >= 0.6 is 0 Å². The van der Waals surface area contributed by atoms with Crippen LogP contribution in [0.4, 0.5) is 0 Å². The van der Waals surface area contributed by atoms with Crippen LogP contribution in [0, 0.1) is 0 Å². The van der Waals surface area contributed by atoms with Gasteiger partial charge in [-0.15, -0.1) is 0 Å². The summed E-state index contributed by atoms with van der Waals surface area (Å²) in [5.41, 5.74) is 0. The Balaban J connectivity index is 4.87. The van der Waals surface area contributed by atoms with E-state index in [1.807, 2.05) is 18.2 Å². The molecule has 6 nitrogen and oxygen atoms in total. The van der Waals surface area contributed by atoms with Crippen molar-refractivity contribution < 1.29 is 24.5 Å². The van der Waals surface area contributed by atoms with Crippen LogP contribution in [-0.4, -0.2) is 46.9 Å². The maximum Gasteiger partial charge on any atom is 0.306 e. The molecule has 1 amide bonds. The highest BCUT2D eigenvalue weighted by molar-refractivity contribution is 5.77. The van der Waals surface area contributed by atoms with E-state index in [9.17, 15) is 19.8 Å². The van der Waals surface area contributed by atoms with Gasteiger partial charge in [-0.05, 0) is 77.0 Å². The number of hydrogen-bond donors (Lipinski definition) is 3. The van der Waals surface area contributed by atoms with Gasteiger partial charge in [-0.1, -0.05) is 220 Å². The van der Waals surface area contributed by atoms with E-state index >= 15 is 0 Å². The summed E-state index contributed by atoms with van der Waals surface area (Å²) < 4.78 is 5.82. The van der Waals surface area contributed by atoms with E-state index in [0.29, 0.717) is 19.3 Å². The molecule has 0 bridgehead atoms. The Morgan fingerprint density at radius 1 is 0.500 bits per heavy atom. The van der Waals surface area contributed by atoms with Crippen molar-refractivity contribution in [3.8, 4) is 0 Å². The second-order valence-electron chi connectivity index (χ2n) is 16.5. The molecular weight excluding hydrogens is 767 g/mol. The first-order valence-corrected chi connectivity index (χ1v) is 25.1. The topological polar surface area (TPSA) is 95.9 Å². The first kappa shape index (κ1) is 58.5. The summed E-state index contributed by atoms with van der Waals surface area (Å²) in [5.74, 6) is -0.686. The summed E-state index contributed by atoms with van der Waals surface area (Å²) in [6, 6.07) is -0.751. The zero-order valence-electron chi connectivity index (χ0n) is 40.0. The Bertz CT molecular complexity index is 1280. The molecule has 62 heavy (non-hydrogen) atoms. The van der Waals surface area contributed by atoms with Gasteiger partial charge in [0.25, 0.3) is 0 Å². The van der Waals surface area contributed by atoms with Crippen molar-refractivity contribution in [2.24, 2.45) is 0 Å². The largest absolute Gasteiger partial charge is 0.461 e. The highest BCUT2D eigenvalue weighted by Crippen LogP contribution is 2.15. The van der Waals surface area contributed by atoms with Crippen LogP contribution in [0.5, 0.6) is 0 Å². The molecule has 352 valence electrons. The number of carbonyl (C=O) groups is 2. The number of aliphatic hydroxyl groups excluding tert-OH is 2. The third kappa shape index (κ3) is 43.2. The standard InChI is InChI=1S/C56H93NO5/c1-4-7-10-13-16-19-22-25-27-29-31-34-37-40-43-46-49-56(61)62-52(47-44-41-38-35-32-30-28-26-23-20-17-14-11-8-5-2)50-55(60)57-53(51-58)54(59)48-45-42-39-36-33-24-21-18-15-12-9-6-3/h7,10,16-17,19-20,25-28,31-32,34-35,40-41,43-44,52-54,58-59H,4-6,8-9,11-15,18,21-24,29-30,33,36-39,42,45-51H2,1-3H3,(H,57,60)/b10-7+,19-16+,20-17-,27-25+,28-26-,34-31+,35-32-,43-40+,44-41-. The molecule has 3 unspecified atom stereocenters. The van der Waals surface area contributed by atoms with Crippen LogP contribution in [0.3, 0.4) is 0 Å². The predicted molar refractivity (Wildman–Crippen MR) is 268 cm³/mol. The Hall–Kier alpha value is -3.48. The third-order valence-electron chi connectivity index (χ3n) is 10.6. The molecular formula is C56H93NO5. The van der Waals surface area contributed by atoms with Crippen LogP contribution in [0.15, 0.2) is 109 Å². The van der Waals surface area contributed by atoms with Gasteiger partial charge in [-0.25, -0.2) is 0 Å². The SMILES string of the molecule is CC/C=C/C/C=C/C/C=C/C/C=C/C/C=C/CCC(=O)OC(C/C=C\C/C=C\C/C=C\C/C=C\CCCCC)CC(=O)NC(CO)C(O)CCCCCCCCCCCCCC. The van der Waals surface area contributed by atoms with Gasteiger partial charge in [0, 0.05) is 12.8 Å². The van der Waals surface area contributed by atoms with Gasteiger partial charge in [0.15, 0.2) is 0 Å². The number of aliphatic hydroxyl groups is 2. The van der Waals surface area contributed by atoms with Gasteiger partial charge in [-0.3, -0.25) is 9.59 Å². The fourth-order valence-corrected chi connectivity index (χ4v) is 6.81. The van der Waals surface area contributed by atoms with E-state index in [1.54, 1.807) is 0 Å². The van der Waals surface area contributed by atoms with Crippen molar-refractivity contribution in [2.45, 2.75) is 225 Å². The van der Waals surface area contributed by atoms with E-state index in [-0.39, 0.29) is 31.3 Å². The molecule has 3 atom stereocenters. The van der Waals surface area contributed by atoms with Crippen molar-refractivity contribution in [3.63, 3.8) is 0 Å². The summed E-state index contributed by atoms with van der Waals surface area (Å²) in [5, 5.41) is 23.7. The number of carbonyl (C=O) groups excluding carboxylic acids is 2. The van der Waals surface area contributed by atoms with E-state index in [1.165, 1.54) is 77.0 Å². The molecule has 0 aromatic carbocycles. The molecule has 0 saturated carbocycles. The number of rotatable bonds is 43. The van der Waals surface area contributed by atoms with E-state index in [0.717, 1.165) is 77.0 Å². The first-order chi connectivity index (χ1) is 30.5. The molecule has 3 N–H and O–H groups in total. The molecule has 0 aliphatic rings. The lowest BCUT2D eigenvalue weighted by Gasteiger charge is -2.24. The molecule has 0 spiro atoms. The van der Waals surface area contributed by atoms with Crippen molar-refractivity contribution in [1.29, 1.82) is 0 Å². The molecule has 0 aliphatic heterocycles. The second kappa shape index (κ2) is 48.6. The van der Waals surface area contributed by atoms with Crippen LogP contribution < -0.4 is 5.32 Å². The zero-order chi connectivity index (χ0) is 45.2. The minimum atomic E-state index is -0.829. The fourth-order valence-electron chi connectivity index (χ4n) is 6.81. The normalized spacial score (nSPS) is 14.2. The van der Waals surface area contributed by atoms with Gasteiger partial charge in [0.1, 0.15) is 6.10 Å². The number of allylic oxidation sites excluding steroid dienone is 17. The molecule has 0 rings (SSSR count). The van der Waals surface area contributed by atoms with Gasteiger partial charge in [0.2, 0.25) is 5.91 Å². The van der Waals surface area contributed by atoms with Crippen LogP contribution in [0.2, 0.25) is 0 Å². The van der Waals surface area contributed by atoms with Gasteiger partial charge in [-0.2, -0.15) is 0 Å².